The van der Waals surface area contributed by atoms with Crippen molar-refractivity contribution in [3.05, 3.63) is 35.4 Å². The molecule has 110 valence electrons. The van der Waals surface area contributed by atoms with Gasteiger partial charge in [-0.3, -0.25) is 4.79 Å². The summed E-state index contributed by atoms with van der Waals surface area (Å²) in [4.78, 5) is 13.9. The molecule has 1 aliphatic heterocycles. The molecule has 0 aliphatic carbocycles. The van der Waals surface area contributed by atoms with E-state index in [0.717, 1.165) is 12.1 Å². The van der Waals surface area contributed by atoms with Crippen molar-refractivity contribution < 1.29 is 22.7 Å². The van der Waals surface area contributed by atoms with Crippen molar-refractivity contribution in [1.82, 2.24) is 4.90 Å². The topological polar surface area (TPSA) is 29.5 Å². The zero-order chi connectivity index (χ0) is 14.8. The highest BCUT2D eigenvalue weighted by Crippen LogP contribution is 2.30. The summed E-state index contributed by atoms with van der Waals surface area (Å²) in [5.74, 6) is -0.525. The average molecular weight is 287 g/mol. The van der Waals surface area contributed by atoms with E-state index < -0.39 is 17.7 Å². The Morgan fingerprint density at radius 2 is 1.75 bits per heavy atom. The maximum absolute atomic E-state index is 12.5. The Morgan fingerprint density at radius 1 is 1.20 bits per heavy atom. The van der Waals surface area contributed by atoms with Crippen LogP contribution < -0.4 is 0 Å². The summed E-state index contributed by atoms with van der Waals surface area (Å²) >= 11 is 0. The number of ether oxygens (including phenoxy) is 1. The molecule has 1 aromatic carbocycles. The predicted octanol–water partition coefficient (Wildman–Crippen LogP) is 2.67. The van der Waals surface area contributed by atoms with Crippen LogP contribution in [0.25, 0.3) is 0 Å². The van der Waals surface area contributed by atoms with E-state index >= 15 is 0 Å². The van der Waals surface area contributed by atoms with Crippen LogP contribution in [0.4, 0.5) is 13.2 Å². The van der Waals surface area contributed by atoms with Crippen molar-refractivity contribution in [3.63, 3.8) is 0 Å². The fourth-order valence-electron chi connectivity index (χ4n) is 2.16. The molecule has 1 fully saturated rings. The lowest BCUT2D eigenvalue weighted by atomic mass is 9.98. The number of carbonyl (C=O) groups excluding carboxylic acids is 1. The Hall–Kier alpha value is -1.56. The molecule has 0 bridgehead atoms. The molecule has 0 radical (unpaired) electrons. The summed E-state index contributed by atoms with van der Waals surface area (Å²) in [7, 11) is 0. The van der Waals surface area contributed by atoms with Gasteiger partial charge in [0.1, 0.15) is 0 Å². The summed E-state index contributed by atoms with van der Waals surface area (Å²) in [6, 6.07) is 4.76. The third kappa shape index (κ3) is 3.30. The molecule has 1 aromatic rings. The van der Waals surface area contributed by atoms with Crippen molar-refractivity contribution in [2.45, 2.75) is 19.0 Å². The number of hydrogen-bond acceptors (Lipinski definition) is 2. The molecule has 1 atom stereocenters. The third-order valence-electron chi connectivity index (χ3n) is 3.43. The number of nitrogens with zero attached hydrogens (tertiary/aromatic N) is 1. The fourth-order valence-corrected chi connectivity index (χ4v) is 2.16. The van der Waals surface area contributed by atoms with Crippen LogP contribution in [-0.4, -0.2) is 37.1 Å². The standard InChI is InChI=1S/C14H16F3NO2/c1-10(13(19)18-6-8-20-9-7-18)11-2-4-12(5-3-11)14(15,16)17/h2-5,10H,6-9H2,1H3. The number of rotatable bonds is 2. The molecule has 0 N–H and O–H groups in total. The van der Waals surface area contributed by atoms with Crippen LogP contribution in [0.15, 0.2) is 24.3 Å². The van der Waals surface area contributed by atoms with E-state index in [1.165, 1.54) is 12.1 Å². The smallest absolute Gasteiger partial charge is 0.378 e. The average Bonchev–Trinajstić information content (AvgIpc) is 2.46. The maximum atomic E-state index is 12.5. The van der Waals surface area contributed by atoms with Gasteiger partial charge in [0.25, 0.3) is 0 Å². The normalized spacial score (nSPS) is 17.9. The molecule has 2 rings (SSSR count). The highest BCUT2D eigenvalue weighted by atomic mass is 19.4. The quantitative estimate of drug-likeness (QED) is 0.837. The van der Waals surface area contributed by atoms with Crippen LogP contribution in [0.3, 0.4) is 0 Å². The summed E-state index contributed by atoms with van der Waals surface area (Å²) in [6.45, 7) is 3.78. The van der Waals surface area contributed by atoms with E-state index in [2.05, 4.69) is 0 Å². The second-order valence-corrected chi connectivity index (χ2v) is 4.78. The van der Waals surface area contributed by atoms with Crippen LogP contribution in [0, 0.1) is 0 Å². The SMILES string of the molecule is CC(C(=O)N1CCOCC1)c1ccc(C(F)(F)F)cc1. The molecule has 6 heteroatoms. The van der Waals surface area contributed by atoms with Crippen LogP contribution in [0.2, 0.25) is 0 Å². The van der Waals surface area contributed by atoms with Crippen molar-refractivity contribution in [3.8, 4) is 0 Å². The first-order valence-corrected chi connectivity index (χ1v) is 6.43. The van der Waals surface area contributed by atoms with Crippen LogP contribution in [-0.2, 0) is 15.7 Å². The summed E-state index contributed by atoms with van der Waals surface area (Å²) in [5.41, 5.74) is -0.109. The predicted molar refractivity (Wildman–Crippen MR) is 67.3 cm³/mol. The molecule has 20 heavy (non-hydrogen) atoms. The Morgan fingerprint density at radius 3 is 2.25 bits per heavy atom. The summed E-state index contributed by atoms with van der Waals surface area (Å²) in [5, 5.41) is 0. The first-order valence-electron chi connectivity index (χ1n) is 6.43. The number of benzene rings is 1. The molecule has 1 unspecified atom stereocenters. The van der Waals surface area contributed by atoms with Gasteiger partial charge in [0.2, 0.25) is 5.91 Å². The van der Waals surface area contributed by atoms with E-state index in [9.17, 15) is 18.0 Å². The van der Waals surface area contributed by atoms with Crippen molar-refractivity contribution in [2.75, 3.05) is 26.3 Å². The monoisotopic (exact) mass is 287 g/mol. The van der Waals surface area contributed by atoms with Crippen LogP contribution in [0.5, 0.6) is 0 Å². The molecule has 1 aliphatic rings. The molecular weight excluding hydrogens is 271 g/mol. The molecule has 1 amide bonds. The second-order valence-electron chi connectivity index (χ2n) is 4.78. The molecule has 0 aromatic heterocycles. The Balaban J connectivity index is 2.08. The lowest BCUT2D eigenvalue weighted by molar-refractivity contribution is -0.137. The zero-order valence-electron chi connectivity index (χ0n) is 11.1. The first kappa shape index (κ1) is 14.8. The van der Waals surface area contributed by atoms with Gasteiger partial charge in [0.05, 0.1) is 24.7 Å². The molecule has 0 saturated carbocycles. The van der Waals surface area contributed by atoms with Crippen LogP contribution >= 0.6 is 0 Å². The van der Waals surface area contributed by atoms with Crippen LogP contribution in [0.1, 0.15) is 24.0 Å². The van der Waals surface area contributed by atoms with Crippen molar-refractivity contribution >= 4 is 5.91 Å². The van der Waals surface area contributed by atoms with Gasteiger partial charge in [-0.05, 0) is 24.6 Å². The Bertz CT molecular complexity index is 464. The third-order valence-corrected chi connectivity index (χ3v) is 3.43. The number of amides is 1. The molecule has 1 heterocycles. The molecular formula is C14H16F3NO2. The number of morpholine rings is 1. The van der Waals surface area contributed by atoms with Crippen molar-refractivity contribution in [2.24, 2.45) is 0 Å². The second kappa shape index (κ2) is 5.83. The lowest BCUT2D eigenvalue weighted by Gasteiger charge is -2.29. The number of halogens is 3. The van der Waals surface area contributed by atoms with Gasteiger partial charge in [0.15, 0.2) is 0 Å². The summed E-state index contributed by atoms with van der Waals surface area (Å²) < 4.78 is 42.6. The minimum atomic E-state index is -4.35. The zero-order valence-corrected chi connectivity index (χ0v) is 11.1. The van der Waals surface area contributed by atoms with Crippen molar-refractivity contribution in [1.29, 1.82) is 0 Å². The fraction of sp³-hybridized carbons (Fsp3) is 0.500. The van der Waals surface area contributed by atoms with Gasteiger partial charge in [-0.25, -0.2) is 0 Å². The van der Waals surface area contributed by atoms with E-state index in [4.69, 9.17) is 4.74 Å². The van der Waals surface area contributed by atoms with Gasteiger partial charge in [-0.1, -0.05) is 12.1 Å². The van der Waals surface area contributed by atoms with E-state index in [1.807, 2.05) is 0 Å². The molecule has 3 nitrogen and oxygen atoms in total. The Kier molecular flexibility index (Phi) is 4.32. The van der Waals surface area contributed by atoms with Gasteiger partial charge in [-0.15, -0.1) is 0 Å². The number of alkyl halides is 3. The van der Waals surface area contributed by atoms with E-state index in [1.54, 1.807) is 11.8 Å². The van der Waals surface area contributed by atoms with Gasteiger partial charge in [-0.2, -0.15) is 13.2 Å². The Labute approximate surface area is 115 Å². The van der Waals surface area contributed by atoms with E-state index in [0.29, 0.717) is 31.9 Å². The maximum Gasteiger partial charge on any atom is 0.416 e. The van der Waals surface area contributed by atoms with Gasteiger partial charge >= 0.3 is 6.18 Å². The largest absolute Gasteiger partial charge is 0.416 e. The van der Waals surface area contributed by atoms with E-state index in [-0.39, 0.29) is 5.91 Å². The van der Waals surface area contributed by atoms with Gasteiger partial charge in [0, 0.05) is 13.1 Å². The first-order chi connectivity index (χ1) is 9.39. The number of carbonyl (C=O) groups is 1. The minimum Gasteiger partial charge on any atom is -0.378 e. The summed E-state index contributed by atoms with van der Waals surface area (Å²) in [6.07, 6.45) is -4.35. The highest BCUT2D eigenvalue weighted by Gasteiger charge is 2.30. The number of hydrogen-bond donors (Lipinski definition) is 0. The molecule has 1 saturated heterocycles. The highest BCUT2D eigenvalue weighted by molar-refractivity contribution is 5.83. The lowest BCUT2D eigenvalue weighted by Crippen LogP contribution is -2.42. The van der Waals surface area contributed by atoms with Gasteiger partial charge < -0.3 is 9.64 Å². The minimum absolute atomic E-state index is 0.0759. The molecule has 0 spiro atoms.